The van der Waals surface area contributed by atoms with Gasteiger partial charge >= 0.3 is 0 Å². The van der Waals surface area contributed by atoms with Crippen molar-refractivity contribution < 1.29 is 27.5 Å². The Bertz CT molecular complexity index is 1080. The molecule has 2 aliphatic heterocycles. The lowest BCUT2D eigenvalue weighted by Crippen LogP contribution is -2.43. The standard InChI is InChI=1S/C27H32F3N3O3/c1-27(29,30)17-32-13-10-18(11-14-32)16-36-21-7-4-19(5-8-21)20-6-9-22(23(28)15-20)26(35)33-12-2-3-24(33)25(31)34/h4-9,15,18,24H,2-3,10-14,16-17H2,1H3,(H2,31,34)/t24-/m0/s1. The molecule has 0 bridgehead atoms. The maximum absolute atomic E-state index is 14.9. The monoisotopic (exact) mass is 503 g/mol. The van der Waals surface area contributed by atoms with Gasteiger partial charge in [-0.05, 0) is 80.1 Å². The van der Waals surface area contributed by atoms with Crippen LogP contribution in [0.3, 0.4) is 0 Å². The summed E-state index contributed by atoms with van der Waals surface area (Å²) < 4.78 is 47.1. The topological polar surface area (TPSA) is 75.9 Å². The number of nitrogens with two attached hydrogens (primary N) is 1. The van der Waals surface area contributed by atoms with E-state index in [1.54, 1.807) is 23.1 Å². The van der Waals surface area contributed by atoms with Gasteiger partial charge in [0.15, 0.2) is 0 Å². The van der Waals surface area contributed by atoms with Crippen LogP contribution >= 0.6 is 0 Å². The molecule has 6 nitrogen and oxygen atoms in total. The zero-order valence-corrected chi connectivity index (χ0v) is 20.4. The molecular weight excluding hydrogens is 471 g/mol. The Morgan fingerprint density at radius 2 is 1.69 bits per heavy atom. The van der Waals surface area contributed by atoms with Crippen molar-refractivity contribution in [3.05, 3.63) is 53.8 Å². The van der Waals surface area contributed by atoms with E-state index in [9.17, 15) is 22.8 Å². The molecule has 0 unspecified atom stereocenters. The average Bonchev–Trinajstić information content (AvgIpc) is 3.33. The Kier molecular flexibility index (Phi) is 7.88. The number of hydrogen-bond donors (Lipinski definition) is 1. The van der Waals surface area contributed by atoms with Gasteiger partial charge in [-0.25, -0.2) is 13.2 Å². The van der Waals surface area contributed by atoms with Crippen molar-refractivity contribution in [1.29, 1.82) is 0 Å². The second-order valence-corrected chi connectivity index (χ2v) is 9.88. The predicted molar refractivity (Wildman–Crippen MR) is 130 cm³/mol. The van der Waals surface area contributed by atoms with E-state index in [0.717, 1.165) is 25.3 Å². The largest absolute Gasteiger partial charge is 0.493 e. The first-order valence-electron chi connectivity index (χ1n) is 12.3. The van der Waals surface area contributed by atoms with E-state index in [2.05, 4.69) is 0 Å². The summed E-state index contributed by atoms with van der Waals surface area (Å²) in [5.74, 6) is -3.44. The van der Waals surface area contributed by atoms with Gasteiger partial charge < -0.3 is 15.4 Å². The van der Waals surface area contributed by atoms with Crippen LogP contribution in [-0.2, 0) is 4.79 Å². The lowest BCUT2D eigenvalue weighted by molar-refractivity contribution is -0.121. The van der Waals surface area contributed by atoms with Gasteiger partial charge in [-0.15, -0.1) is 0 Å². The van der Waals surface area contributed by atoms with Crippen LogP contribution < -0.4 is 10.5 Å². The SMILES string of the molecule is CC(F)(F)CN1CCC(COc2ccc(-c3ccc(C(=O)N4CCC[C@H]4C(N)=O)c(F)c3)cc2)CC1. The zero-order chi connectivity index (χ0) is 25.9. The zero-order valence-electron chi connectivity index (χ0n) is 20.4. The van der Waals surface area contributed by atoms with E-state index in [1.807, 2.05) is 12.1 Å². The molecule has 2 saturated heterocycles. The van der Waals surface area contributed by atoms with E-state index in [0.29, 0.717) is 56.3 Å². The third-order valence-electron chi connectivity index (χ3n) is 6.92. The van der Waals surface area contributed by atoms with Gasteiger partial charge in [-0.2, -0.15) is 0 Å². The Labute approximate surface area is 209 Å². The van der Waals surface area contributed by atoms with Gasteiger partial charge in [0, 0.05) is 13.5 Å². The molecule has 0 aromatic heterocycles. The van der Waals surface area contributed by atoms with Gasteiger partial charge in [0.25, 0.3) is 11.8 Å². The Balaban J connectivity index is 1.32. The summed E-state index contributed by atoms with van der Waals surface area (Å²) in [5.41, 5.74) is 6.68. The average molecular weight is 504 g/mol. The molecule has 9 heteroatoms. The number of rotatable bonds is 8. The third-order valence-corrected chi connectivity index (χ3v) is 6.92. The van der Waals surface area contributed by atoms with Crippen molar-refractivity contribution in [2.45, 2.75) is 44.6 Å². The van der Waals surface area contributed by atoms with Crippen LogP contribution in [0.25, 0.3) is 11.1 Å². The second kappa shape index (κ2) is 10.9. The van der Waals surface area contributed by atoms with Crippen LogP contribution in [0.15, 0.2) is 42.5 Å². The lowest BCUT2D eigenvalue weighted by atomic mass is 9.97. The Morgan fingerprint density at radius 3 is 2.31 bits per heavy atom. The summed E-state index contributed by atoms with van der Waals surface area (Å²) in [4.78, 5) is 27.5. The molecule has 0 spiro atoms. The number of carbonyl (C=O) groups is 2. The van der Waals surface area contributed by atoms with Gasteiger partial charge in [-0.1, -0.05) is 18.2 Å². The molecule has 0 aliphatic carbocycles. The summed E-state index contributed by atoms with van der Waals surface area (Å²) in [7, 11) is 0. The number of likely N-dealkylation sites (tertiary alicyclic amines) is 2. The summed E-state index contributed by atoms with van der Waals surface area (Å²) in [6.07, 6.45) is 2.78. The number of hydrogen-bond acceptors (Lipinski definition) is 4. The minimum atomic E-state index is -2.67. The highest BCUT2D eigenvalue weighted by molar-refractivity contribution is 5.98. The normalized spacial score (nSPS) is 19.4. The van der Waals surface area contributed by atoms with Crippen molar-refractivity contribution >= 4 is 11.8 Å². The van der Waals surface area contributed by atoms with Gasteiger partial charge in [0.2, 0.25) is 5.91 Å². The minimum Gasteiger partial charge on any atom is -0.493 e. The predicted octanol–water partition coefficient (Wildman–Crippen LogP) is 4.33. The van der Waals surface area contributed by atoms with Crippen LogP contribution in [-0.4, -0.2) is 66.4 Å². The first-order valence-corrected chi connectivity index (χ1v) is 12.3. The van der Waals surface area contributed by atoms with Crippen LogP contribution in [0.2, 0.25) is 0 Å². The number of ether oxygens (including phenoxy) is 1. The maximum Gasteiger partial charge on any atom is 0.257 e. The van der Waals surface area contributed by atoms with E-state index in [-0.39, 0.29) is 12.1 Å². The molecule has 2 aromatic rings. The van der Waals surface area contributed by atoms with Gasteiger partial charge in [0.05, 0.1) is 18.7 Å². The van der Waals surface area contributed by atoms with Crippen LogP contribution in [0.5, 0.6) is 5.75 Å². The lowest BCUT2D eigenvalue weighted by Gasteiger charge is -2.33. The smallest absolute Gasteiger partial charge is 0.257 e. The number of piperidine rings is 1. The fourth-order valence-electron chi connectivity index (χ4n) is 4.99. The third kappa shape index (κ3) is 6.37. The number of nitrogens with zero attached hydrogens (tertiary/aromatic N) is 2. The van der Waals surface area contributed by atoms with E-state index < -0.39 is 29.6 Å². The van der Waals surface area contributed by atoms with E-state index in [4.69, 9.17) is 10.5 Å². The van der Waals surface area contributed by atoms with Crippen LogP contribution in [0.1, 0.15) is 43.0 Å². The fraction of sp³-hybridized carbons (Fsp3) is 0.481. The summed E-state index contributed by atoms with van der Waals surface area (Å²) in [6, 6.07) is 11.0. The van der Waals surface area contributed by atoms with Crippen molar-refractivity contribution in [1.82, 2.24) is 9.80 Å². The number of alkyl halides is 2. The Hall–Kier alpha value is -3.07. The number of halogens is 3. The molecule has 194 valence electrons. The first kappa shape index (κ1) is 26.0. The van der Waals surface area contributed by atoms with Crippen LogP contribution in [0, 0.1) is 11.7 Å². The van der Waals surface area contributed by atoms with Crippen molar-refractivity contribution in [3.8, 4) is 16.9 Å². The fourth-order valence-corrected chi connectivity index (χ4v) is 4.99. The summed E-state index contributed by atoms with van der Waals surface area (Å²) >= 11 is 0. The van der Waals surface area contributed by atoms with Crippen LogP contribution in [0.4, 0.5) is 13.2 Å². The highest BCUT2D eigenvalue weighted by atomic mass is 19.3. The highest BCUT2D eigenvalue weighted by Crippen LogP contribution is 2.28. The van der Waals surface area contributed by atoms with E-state index >= 15 is 0 Å². The molecular formula is C27H32F3N3O3. The summed E-state index contributed by atoms with van der Waals surface area (Å²) in [5, 5.41) is 0. The molecule has 0 radical (unpaired) electrons. The Morgan fingerprint density at radius 1 is 1.03 bits per heavy atom. The number of carbonyl (C=O) groups excluding carboxylic acids is 2. The molecule has 2 aliphatic rings. The number of amides is 2. The van der Waals surface area contributed by atoms with E-state index in [1.165, 1.54) is 17.0 Å². The quantitative estimate of drug-likeness (QED) is 0.582. The number of benzene rings is 2. The molecule has 4 rings (SSSR count). The minimum absolute atomic E-state index is 0.0828. The molecule has 36 heavy (non-hydrogen) atoms. The molecule has 2 heterocycles. The van der Waals surface area contributed by atoms with Crippen molar-refractivity contribution in [2.24, 2.45) is 11.7 Å². The molecule has 0 saturated carbocycles. The maximum atomic E-state index is 14.9. The number of primary amides is 1. The molecule has 1 atom stereocenters. The summed E-state index contributed by atoms with van der Waals surface area (Å²) in [6.45, 7) is 2.92. The molecule has 2 fully saturated rings. The second-order valence-electron chi connectivity index (χ2n) is 9.88. The highest BCUT2D eigenvalue weighted by Gasteiger charge is 2.34. The van der Waals surface area contributed by atoms with Crippen molar-refractivity contribution in [3.63, 3.8) is 0 Å². The van der Waals surface area contributed by atoms with Crippen molar-refractivity contribution in [2.75, 3.05) is 32.8 Å². The molecule has 2 aromatic carbocycles. The first-order chi connectivity index (χ1) is 17.1. The van der Waals surface area contributed by atoms with Gasteiger partial charge in [0.1, 0.15) is 17.6 Å². The molecule has 2 N–H and O–H groups in total. The van der Waals surface area contributed by atoms with Gasteiger partial charge in [-0.3, -0.25) is 14.5 Å². The molecule has 2 amide bonds.